The van der Waals surface area contributed by atoms with Crippen LogP contribution >= 0.6 is 0 Å². The van der Waals surface area contributed by atoms with Gasteiger partial charge in [-0.3, -0.25) is 24.2 Å². The Hall–Kier alpha value is -4.37. The maximum atomic E-state index is 13.8. The lowest BCUT2D eigenvalue weighted by Crippen LogP contribution is -2.56. The zero-order valence-electron chi connectivity index (χ0n) is 24.3. The van der Waals surface area contributed by atoms with Crippen LogP contribution < -0.4 is 16.4 Å². The van der Waals surface area contributed by atoms with E-state index in [0.29, 0.717) is 43.5 Å². The first kappa shape index (κ1) is 30.6. The summed E-state index contributed by atoms with van der Waals surface area (Å²) in [6.45, 7) is 4.54. The van der Waals surface area contributed by atoms with Crippen LogP contribution in [0.25, 0.3) is 0 Å². The van der Waals surface area contributed by atoms with E-state index in [9.17, 15) is 19.2 Å². The van der Waals surface area contributed by atoms with Crippen LogP contribution in [-0.2, 0) is 27.3 Å². The number of benzene rings is 2. The molecule has 0 saturated carbocycles. The first-order valence-electron chi connectivity index (χ1n) is 14.5. The smallest absolute Gasteiger partial charge is 0.246 e. The maximum Gasteiger partial charge on any atom is 0.246 e. The van der Waals surface area contributed by atoms with Crippen LogP contribution in [0.1, 0.15) is 64.8 Å². The molecule has 1 aromatic heterocycles. The summed E-state index contributed by atoms with van der Waals surface area (Å²) in [6, 6.07) is 16.8. The summed E-state index contributed by atoms with van der Waals surface area (Å²) >= 11 is 0. The Bertz CT molecular complexity index is 1420. The number of unbranched alkanes of at least 4 members (excludes halogenated alkanes) is 1. The Balaban J connectivity index is 1.50. The van der Waals surface area contributed by atoms with Crippen molar-refractivity contribution >= 4 is 29.2 Å². The number of ketones is 1. The van der Waals surface area contributed by atoms with Crippen molar-refractivity contribution in [1.82, 2.24) is 15.2 Å². The lowest BCUT2D eigenvalue weighted by atomic mass is 9.92. The summed E-state index contributed by atoms with van der Waals surface area (Å²) in [5.41, 5.74) is 10.5. The standard InChI is InChI=1S/C33H39N5O4/c1-22-18-27(20-35-23(22)2)36-32(41)28(14-8-9-17-34)37-33(42)29-19-25-12-6-7-13-26(25)21-38(29)31(40)16-15-30(39)24-10-4-3-5-11-24/h3-7,10-13,18,20,28-29H,8-9,14-17,19,21,34H2,1-2H3,(H,36,41)(H,37,42)/t28-,29-/m0/s1. The molecule has 0 spiro atoms. The molecule has 42 heavy (non-hydrogen) atoms. The number of pyridine rings is 1. The minimum Gasteiger partial charge on any atom is -0.342 e. The molecule has 0 unspecified atom stereocenters. The zero-order chi connectivity index (χ0) is 30.1. The Kier molecular flexibility index (Phi) is 10.6. The fourth-order valence-electron chi connectivity index (χ4n) is 5.12. The van der Waals surface area contributed by atoms with E-state index in [1.54, 1.807) is 30.5 Å². The van der Waals surface area contributed by atoms with Crippen LogP contribution in [0.4, 0.5) is 5.69 Å². The molecule has 4 N–H and O–H groups in total. The molecule has 2 heterocycles. The number of fused-ring (bicyclic) bond motifs is 1. The quantitative estimate of drug-likeness (QED) is 0.224. The van der Waals surface area contributed by atoms with E-state index in [-0.39, 0.29) is 37.0 Å². The summed E-state index contributed by atoms with van der Waals surface area (Å²) in [4.78, 5) is 59.1. The topological polar surface area (TPSA) is 134 Å². The molecule has 0 aliphatic carbocycles. The van der Waals surface area contributed by atoms with E-state index in [4.69, 9.17) is 5.73 Å². The molecule has 1 aliphatic rings. The molecule has 4 rings (SSSR count). The molecule has 3 aromatic rings. The number of nitrogens with two attached hydrogens (primary N) is 1. The highest BCUT2D eigenvalue weighted by atomic mass is 16.2. The van der Waals surface area contributed by atoms with E-state index < -0.39 is 18.0 Å². The van der Waals surface area contributed by atoms with Gasteiger partial charge in [0.05, 0.1) is 11.9 Å². The summed E-state index contributed by atoms with van der Waals surface area (Å²) in [7, 11) is 0. The largest absolute Gasteiger partial charge is 0.342 e. The second kappa shape index (κ2) is 14.5. The lowest BCUT2D eigenvalue weighted by molar-refractivity contribution is -0.142. The van der Waals surface area contributed by atoms with Crippen LogP contribution in [0.3, 0.4) is 0 Å². The number of amides is 3. The predicted molar refractivity (Wildman–Crippen MR) is 162 cm³/mol. The number of hydrogen-bond donors (Lipinski definition) is 3. The van der Waals surface area contributed by atoms with Crippen molar-refractivity contribution in [3.05, 3.63) is 94.8 Å². The predicted octanol–water partition coefficient (Wildman–Crippen LogP) is 3.87. The molecule has 220 valence electrons. The van der Waals surface area contributed by atoms with Crippen molar-refractivity contribution in [2.24, 2.45) is 5.73 Å². The highest BCUT2D eigenvalue weighted by Crippen LogP contribution is 2.25. The first-order valence-corrected chi connectivity index (χ1v) is 14.5. The Morgan fingerprint density at radius 3 is 2.40 bits per heavy atom. The number of carbonyl (C=O) groups is 4. The second-order valence-corrected chi connectivity index (χ2v) is 10.8. The number of rotatable bonds is 12. The highest BCUT2D eigenvalue weighted by Gasteiger charge is 2.36. The molecule has 9 nitrogen and oxygen atoms in total. The van der Waals surface area contributed by atoms with Gasteiger partial charge in [0.25, 0.3) is 0 Å². The third-order valence-electron chi connectivity index (χ3n) is 7.72. The van der Waals surface area contributed by atoms with Gasteiger partial charge in [0.15, 0.2) is 5.78 Å². The fraction of sp³-hybridized carbons (Fsp3) is 0.364. The van der Waals surface area contributed by atoms with Gasteiger partial charge in [0.2, 0.25) is 17.7 Å². The lowest BCUT2D eigenvalue weighted by Gasteiger charge is -2.37. The van der Waals surface area contributed by atoms with Crippen molar-refractivity contribution < 1.29 is 19.2 Å². The van der Waals surface area contributed by atoms with Crippen LogP contribution in [0.2, 0.25) is 0 Å². The number of Topliss-reactive ketones (excluding diaryl/α,β-unsaturated/α-hetero) is 1. The molecule has 0 bridgehead atoms. The van der Waals surface area contributed by atoms with E-state index in [1.807, 2.05) is 50.2 Å². The summed E-state index contributed by atoms with van der Waals surface area (Å²) in [5.74, 6) is -1.16. The van der Waals surface area contributed by atoms with Gasteiger partial charge in [-0.2, -0.15) is 0 Å². The van der Waals surface area contributed by atoms with E-state index in [1.165, 1.54) is 4.90 Å². The molecular formula is C33H39N5O4. The summed E-state index contributed by atoms with van der Waals surface area (Å²) in [5, 5.41) is 5.80. The third-order valence-corrected chi connectivity index (χ3v) is 7.72. The van der Waals surface area contributed by atoms with Gasteiger partial charge in [0.1, 0.15) is 12.1 Å². The summed E-state index contributed by atoms with van der Waals surface area (Å²) < 4.78 is 0. The van der Waals surface area contributed by atoms with E-state index >= 15 is 0 Å². The molecule has 9 heteroatoms. The number of aromatic nitrogens is 1. The summed E-state index contributed by atoms with van der Waals surface area (Å²) in [6.07, 6.45) is 3.70. The number of hydrogen-bond acceptors (Lipinski definition) is 6. The van der Waals surface area contributed by atoms with E-state index in [2.05, 4.69) is 15.6 Å². The Morgan fingerprint density at radius 2 is 1.69 bits per heavy atom. The van der Waals surface area contributed by atoms with Crippen LogP contribution in [-0.4, -0.2) is 52.0 Å². The molecular weight excluding hydrogens is 530 g/mol. The van der Waals surface area contributed by atoms with Gasteiger partial charge in [-0.05, 0) is 62.4 Å². The van der Waals surface area contributed by atoms with Gasteiger partial charge in [-0.25, -0.2) is 0 Å². The van der Waals surface area contributed by atoms with Gasteiger partial charge < -0.3 is 21.3 Å². The fourth-order valence-corrected chi connectivity index (χ4v) is 5.12. The molecule has 3 amide bonds. The van der Waals surface area contributed by atoms with E-state index in [0.717, 1.165) is 22.4 Å². The van der Waals surface area contributed by atoms with Crippen LogP contribution in [0.5, 0.6) is 0 Å². The van der Waals surface area contributed by atoms with Crippen molar-refractivity contribution in [3.8, 4) is 0 Å². The van der Waals surface area contributed by atoms with Crippen molar-refractivity contribution in [3.63, 3.8) is 0 Å². The Morgan fingerprint density at radius 1 is 0.976 bits per heavy atom. The molecule has 2 atom stereocenters. The van der Waals surface area contributed by atoms with Gasteiger partial charge in [-0.15, -0.1) is 0 Å². The van der Waals surface area contributed by atoms with Crippen molar-refractivity contribution in [2.45, 2.75) is 71.0 Å². The van der Waals surface area contributed by atoms with Crippen LogP contribution in [0, 0.1) is 13.8 Å². The van der Waals surface area contributed by atoms with Crippen molar-refractivity contribution in [2.75, 3.05) is 11.9 Å². The number of carbonyl (C=O) groups excluding carboxylic acids is 4. The third kappa shape index (κ3) is 7.88. The molecule has 2 aromatic carbocycles. The van der Waals surface area contributed by atoms with Gasteiger partial charge in [-0.1, -0.05) is 54.6 Å². The molecule has 0 fully saturated rings. The van der Waals surface area contributed by atoms with Gasteiger partial charge in [0, 0.05) is 37.1 Å². The monoisotopic (exact) mass is 569 g/mol. The molecule has 0 radical (unpaired) electrons. The first-order chi connectivity index (χ1) is 20.3. The van der Waals surface area contributed by atoms with Gasteiger partial charge >= 0.3 is 0 Å². The second-order valence-electron chi connectivity index (χ2n) is 10.8. The minimum atomic E-state index is -0.820. The number of nitrogens with zero attached hydrogens (tertiary/aromatic N) is 2. The highest BCUT2D eigenvalue weighted by molar-refractivity contribution is 6.00. The number of anilines is 1. The SMILES string of the molecule is Cc1cc(NC(=O)[C@H](CCCCN)NC(=O)[C@@H]2Cc3ccccc3CN2C(=O)CCC(=O)c2ccccc2)cnc1C. The zero-order valence-corrected chi connectivity index (χ0v) is 24.3. The Labute approximate surface area is 246 Å². The van der Waals surface area contributed by atoms with Crippen molar-refractivity contribution in [1.29, 1.82) is 0 Å². The molecule has 0 saturated heterocycles. The normalized spacial score (nSPS) is 14.9. The average molecular weight is 570 g/mol. The average Bonchev–Trinajstić information content (AvgIpc) is 3.00. The minimum absolute atomic E-state index is 0.0140. The maximum absolute atomic E-state index is 13.8. The number of aryl methyl sites for hydroxylation is 2. The molecule has 1 aliphatic heterocycles. The number of nitrogens with one attached hydrogen (secondary N) is 2. The van der Waals surface area contributed by atoms with Crippen LogP contribution in [0.15, 0.2) is 66.9 Å².